The van der Waals surface area contributed by atoms with Gasteiger partial charge in [-0.25, -0.2) is 4.68 Å². The van der Waals surface area contributed by atoms with E-state index in [0.717, 1.165) is 29.1 Å². The monoisotopic (exact) mass is 409 g/mol. The molecular formula is C26H23N3O2. The molecule has 4 aromatic rings. The van der Waals surface area contributed by atoms with Gasteiger partial charge in [0.05, 0.1) is 18.5 Å². The molecule has 0 saturated heterocycles. The van der Waals surface area contributed by atoms with Crippen LogP contribution in [0, 0.1) is 0 Å². The number of para-hydroxylation sites is 1. The van der Waals surface area contributed by atoms with Crippen LogP contribution in [0.15, 0.2) is 84.9 Å². The fourth-order valence-corrected chi connectivity index (χ4v) is 4.03. The van der Waals surface area contributed by atoms with E-state index in [1.165, 1.54) is 11.1 Å². The molecule has 31 heavy (non-hydrogen) atoms. The average molecular weight is 409 g/mol. The van der Waals surface area contributed by atoms with Gasteiger partial charge in [-0.05, 0) is 60.0 Å². The van der Waals surface area contributed by atoms with Crippen molar-refractivity contribution in [1.29, 1.82) is 0 Å². The molecular weight excluding hydrogens is 386 g/mol. The zero-order valence-electron chi connectivity index (χ0n) is 17.4. The van der Waals surface area contributed by atoms with Gasteiger partial charge in [0.1, 0.15) is 11.4 Å². The largest absolute Gasteiger partial charge is 0.497 e. The van der Waals surface area contributed by atoms with E-state index in [9.17, 15) is 4.79 Å². The second-order valence-corrected chi connectivity index (χ2v) is 7.64. The summed E-state index contributed by atoms with van der Waals surface area (Å²) in [5, 5.41) is 4.79. The molecule has 0 aliphatic carbocycles. The zero-order valence-corrected chi connectivity index (χ0v) is 17.4. The lowest BCUT2D eigenvalue weighted by atomic mass is 9.99. The number of methoxy groups -OCH3 is 1. The highest BCUT2D eigenvalue weighted by molar-refractivity contribution is 5.94. The van der Waals surface area contributed by atoms with Gasteiger partial charge in [-0.1, -0.05) is 42.5 Å². The number of hydrogen-bond donors (Lipinski definition) is 0. The lowest BCUT2D eigenvalue weighted by molar-refractivity contribution is 0.0725. The second-order valence-electron chi connectivity index (χ2n) is 7.64. The molecule has 5 nitrogen and oxygen atoms in total. The van der Waals surface area contributed by atoms with Crippen LogP contribution in [-0.4, -0.2) is 34.2 Å². The molecule has 0 radical (unpaired) electrons. The van der Waals surface area contributed by atoms with Crippen LogP contribution in [0.3, 0.4) is 0 Å². The summed E-state index contributed by atoms with van der Waals surface area (Å²) >= 11 is 0. The summed E-state index contributed by atoms with van der Waals surface area (Å²) in [5.74, 6) is 0.778. The summed E-state index contributed by atoms with van der Waals surface area (Å²) in [5.41, 5.74) is 5.66. The maximum atomic E-state index is 13.6. The first-order valence-corrected chi connectivity index (χ1v) is 10.4. The molecule has 0 atom stereocenters. The number of nitrogens with zero attached hydrogens (tertiary/aromatic N) is 3. The quantitative estimate of drug-likeness (QED) is 0.489. The van der Waals surface area contributed by atoms with Gasteiger partial charge in [0.15, 0.2) is 0 Å². The fraction of sp³-hybridized carbons (Fsp3) is 0.154. The van der Waals surface area contributed by atoms with Crippen LogP contribution >= 0.6 is 0 Å². The highest BCUT2D eigenvalue weighted by Gasteiger charge is 2.26. The summed E-state index contributed by atoms with van der Waals surface area (Å²) in [6, 6.07) is 27.7. The molecule has 5 heteroatoms. The van der Waals surface area contributed by atoms with E-state index in [1.807, 2.05) is 71.6 Å². The predicted molar refractivity (Wildman–Crippen MR) is 120 cm³/mol. The van der Waals surface area contributed by atoms with Gasteiger partial charge in [-0.3, -0.25) is 4.79 Å². The molecule has 1 aliphatic rings. The third-order valence-electron chi connectivity index (χ3n) is 5.73. The number of rotatable bonds is 4. The first-order chi connectivity index (χ1) is 15.2. The van der Waals surface area contributed by atoms with Crippen molar-refractivity contribution < 1.29 is 9.53 Å². The van der Waals surface area contributed by atoms with Gasteiger partial charge >= 0.3 is 0 Å². The summed E-state index contributed by atoms with van der Waals surface area (Å²) in [4.78, 5) is 15.5. The van der Waals surface area contributed by atoms with Crippen molar-refractivity contribution in [1.82, 2.24) is 14.7 Å². The van der Waals surface area contributed by atoms with Gasteiger partial charge in [0, 0.05) is 18.7 Å². The summed E-state index contributed by atoms with van der Waals surface area (Å²) in [7, 11) is 1.65. The van der Waals surface area contributed by atoms with Gasteiger partial charge in [-0.2, -0.15) is 5.10 Å². The molecule has 0 N–H and O–H groups in total. The Morgan fingerprint density at radius 2 is 1.61 bits per heavy atom. The topological polar surface area (TPSA) is 47.4 Å². The Kier molecular flexibility index (Phi) is 5.00. The minimum Gasteiger partial charge on any atom is -0.497 e. The standard InChI is InChI=1S/C26H23N3O2/c1-31-23-13-11-20(12-14-23)24-17-25(29(27-24)22-9-3-2-4-10-22)26(30)28-16-15-19-7-5-6-8-21(19)18-28/h2-14,17H,15-16,18H2,1H3. The Morgan fingerprint density at radius 3 is 2.35 bits per heavy atom. The molecule has 3 aromatic carbocycles. The molecule has 1 aliphatic heterocycles. The number of fused-ring (bicyclic) bond motifs is 1. The molecule has 0 saturated carbocycles. The van der Waals surface area contributed by atoms with Crippen LogP contribution in [0.1, 0.15) is 21.6 Å². The number of aromatic nitrogens is 2. The van der Waals surface area contributed by atoms with Crippen LogP contribution in [0.4, 0.5) is 0 Å². The third kappa shape index (κ3) is 3.70. The maximum absolute atomic E-state index is 13.6. The second kappa shape index (κ2) is 8.11. The smallest absolute Gasteiger partial charge is 0.272 e. The molecule has 1 amide bonds. The number of ether oxygens (including phenoxy) is 1. The van der Waals surface area contributed by atoms with Gasteiger partial charge in [-0.15, -0.1) is 0 Å². The van der Waals surface area contributed by atoms with Gasteiger partial charge < -0.3 is 9.64 Å². The molecule has 2 heterocycles. The van der Waals surface area contributed by atoms with Crippen LogP contribution in [0.5, 0.6) is 5.75 Å². The number of carbonyl (C=O) groups is 1. The Hall–Kier alpha value is -3.86. The van der Waals surface area contributed by atoms with E-state index in [1.54, 1.807) is 11.8 Å². The predicted octanol–water partition coefficient (Wildman–Crippen LogP) is 4.75. The lowest BCUT2D eigenvalue weighted by Gasteiger charge is -2.29. The van der Waals surface area contributed by atoms with Crippen LogP contribution in [0.2, 0.25) is 0 Å². The molecule has 1 aromatic heterocycles. The highest BCUT2D eigenvalue weighted by atomic mass is 16.5. The number of carbonyl (C=O) groups excluding carboxylic acids is 1. The van der Waals surface area contributed by atoms with E-state index < -0.39 is 0 Å². The molecule has 0 spiro atoms. The Bertz CT molecular complexity index is 1210. The molecule has 5 rings (SSSR count). The number of hydrogen-bond acceptors (Lipinski definition) is 3. The fourth-order valence-electron chi connectivity index (χ4n) is 4.03. The van der Waals surface area contributed by atoms with E-state index in [2.05, 4.69) is 18.2 Å². The zero-order chi connectivity index (χ0) is 21.2. The molecule has 154 valence electrons. The molecule has 0 fully saturated rings. The van der Waals surface area contributed by atoms with Crippen LogP contribution in [-0.2, 0) is 13.0 Å². The summed E-state index contributed by atoms with van der Waals surface area (Å²) in [6.07, 6.45) is 0.868. The maximum Gasteiger partial charge on any atom is 0.272 e. The summed E-state index contributed by atoms with van der Waals surface area (Å²) < 4.78 is 7.02. The average Bonchev–Trinajstić information content (AvgIpc) is 3.29. The van der Waals surface area contributed by atoms with Crippen molar-refractivity contribution in [2.75, 3.05) is 13.7 Å². The van der Waals surface area contributed by atoms with Gasteiger partial charge in [0.25, 0.3) is 5.91 Å². The van der Waals surface area contributed by atoms with Crippen LogP contribution in [0.25, 0.3) is 16.9 Å². The van der Waals surface area contributed by atoms with E-state index >= 15 is 0 Å². The van der Waals surface area contributed by atoms with Crippen molar-refractivity contribution >= 4 is 5.91 Å². The van der Waals surface area contributed by atoms with Crippen molar-refractivity contribution in [3.05, 3.63) is 102 Å². The number of amides is 1. The van der Waals surface area contributed by atoms with Gasteiger partial charge in [0.2, 0.25) is 0 Å². The Balaban J connectivity index is 1.53. The highest BCUT2D eigenvalue weighted by Crippen LogP contribution is 2.26. The first-order valence-electron chi connectivity index (χ1n) is 10.4. The number of benzene rings is 3. The van der Waals surface area contributed by atoms with Crippen molar-refractivity contribution in [2.45, 2.75) is 13.0 Å². The summed E-state index contributed by atoms with van der Waals surface area (Å²) in [6.45, 7) is 1.32. The molecule has 0 bridgehead atoms. The van der Waals surface area contributed by atoms with E-state index in [4.69, 9.17) is 9.84 Å². The Morgan fingerprint density at radius 1 is 0.903 bits per heavy atom. The Labute approximate surface area is 181 Å². The minimum absolute atomic E-state index is 0.00869. The third-order valence-corrected chi connectivity index (χ3v) is 5.73. The van der Waals surface area contributed by atoms with Crippen molar-refractivity contribution in [3.8, 4) is 22.7 Å². The molecule has 0 unspecified atom stereocenters. The van der Waals surface area contributed by atoms with E-state index in [-0.39, 0.29) is 5.91 Å². The van der Waals surface area contributed by atoms with Crippen LogP contribution < -0.4 is 4.74 Å². The lowest BCUT2D eigenvalue weighted by Crippen LogP contribution is -2.36. The SMILES string of the molecule is COc1ccc(-c2cc(C(=O)N3CCc4ccccc4C3)n(-c3ccccc3)n2)cc1. The minimum atomic E-state index is -0.00869. The van der Waals surface area contributed by atoms with Crippen molar-refractivity contribution in [3.63, 3.8) is 0 Å². The normalized spacial score (nSPS) is 13.0. The van der Waals surface area contributed by atoms with E-state index in [0.29, 0.717) is 18.8 Å². The van der Waals surface area contributed by atoms with Crippen molar-refractivity contribution in [2.24, 2.45) is 0 Å². The first kappa shape index (κ1) is 19.1.